The highest BCUT2D eigenvalue weighted by molar-refractivity contribution is 5.20. The quantitative estimate of drug-likeness (QED) is 0.646. The molecular weight excluding hydrogens is 176 g/mol. The number of hydrogen-bond acceptors (Lipinski definition) is 2. The van der Waals surface area contributed by atoms with Crippen LogP contribution in [0, 0.1) is 11.8 Å². The topological polar surface area (TPSA) is 18.5 Å². The van der Waals surface area contributed by atoms with Gasteiger partial charge in [0.05, 0.1) is 0 Å². The highest BCUT2D eigenvalue weighted by atomic mass is 16.5. The van der Waals surface area contributed by atoms with E-state index in [4.69, 9.17) is 9.47 Å². The van der Waals surface area contributed by atoms with E-state index in [1.807, 2.05) is 13.8 Å². The van der Waals surface area contributed by atoms with Gasteiger partial charge < -0.3 is 9.47 Å². The van der Waals surface area contributed by atoms with Gasteiger partial charge in [0.15, 0.2) is 0 Å². The summed E-state index contributed by atoms with van der Waals surface area (Å²) in [6.45, 7) is 8.07. The van der Waals surface area contributed by atoms with Crippen LogP contribution in [0.5, 0.6) is 0 Å². The highest BCUT2D eigenvalue weighted by Gasteiger charge is 2.23. The fraction of sp³-hybridized carbons (Fsp3) is 0.833. The summed E-state index contributed by atoms with van der Waals surface area (Å²) in [4.78, 5) is 0. The summed E-state index contributed by atoms with van der Waals surface area (Å²) in [6, 6.07) is 0. The maximum absolute atomic E-state index is 5.45. The second kappa shape index (κ2) is 5.38. The van der Waals surface area contributed by atoms with E-state index < -0.39 is 5.60 Å². The minimum Gasteiger partial charge on any atom is -0.366 e. The first kappa shape index (κ1) is 13.5. The van der Waals surface area contributed by atoms with Crippen LogP contribution in [0.4, 0.5) is 0 Å². The monoisotopic (exact) mass is 198 g/mol. The number of rotatable bonds is 4. The van der Waals surface area contributed by atoms with Crippen molar-refractivity contribution in [3.63, 3.8) is 0 Å². The van der Waals surface area contributed by atoms with Crippen molar-refractivity contribution in [2.24, 2.45) is 0 Å². The van der Waals surface area contributed by atoms with Crippen LogP contribution in [0.15, 0.2) is 0 Å². The summed E-state index contributed by atoms with van der Waals surface area (Å²) in [6.07, 6.45) is 1.79. The molecule has 0 rings (SSSR count). The van der Waals surface area contributed by atoms with E-state index in [0.29, 0.717) is 0 Å². The highest BCUT2D eigenvalue weighted by Crippen LogP contribution is 2.19. The molecule has 0 aliphatic carbocycles. The third kappa shape index (κ3) is 3.69. The summed E-state index contributed by atoms with van der Waals surface area (Å²) in [5.74, 6) is 6.28. The van der Waals surface area contributed by atoms with Gasteiger partial charge >= 0.3 is 0 Å². The van der Waals surface area contributed by atoms with Crippen LogP contribution in [-0.2, 0) is 9.47 Å². The fourth-order valence-corrected chi connectivity index (χ4v) is 1.08. The molecule has 14 heavy (non-hydrogen) atoms. The van der Waals surface area contributed by atoms with Crippen LogP contribution in [-0.4, -0.2) is 25.4 Å². The zero-order chi connectivity index (χ0) is 11.2. The molecule has 0 aliphatic heterocycles. The Bertz CT molecular complexity index is 208. The molecule has 0 fully saturated rings. The van der Waals surface area contributed by atoms with Gasteiger partial charge in [0, 0.05) is 14.2 Å². The van der Waals surface area contributed by atoms with Crippen molar-refractivity contribution in [1.29, 1.82) is 0 Å². The van der Waals surface area contributed by atoms with Crippen molar-refractivity contribution >= 4 is 0 Å². The van der Waals surface area contributed by atoms with Crippen molar-refractivity contribution in [2.75, 3.05) is 14.2 Å². The lowest BCUT2D eigenvalue weighted by Crippen LogP contribution is -2.29. The van der Waals surface area contributed by atoms with Gasteiger partial charge in [-0.2, -0.15) is 0 Å². The predicted molar refractivity (Wildman–Crippen MR) is 59.2 cm³/mol. The van der Waals surface area contributed by atoms with Crippen molar-refractivity contribution in [3.05, 3.63) is 0 Å². The molecule has 2 heteroatoms. The van der Waals surface area contributed by atoms with E-state index in [1.54, 1.807) is 14.2 Å². The molecule has 0 saturated carbocycles. The Morgan fingerprint density at radius 2 is 1.43 bits per heavy atom. The first-order chi connectivity index (χ1) is 6.45. The largest absolute Gasteiger partial charge is 0.366 e. The fourth-order valence-electron chi connectivity index (χ4n) is 1.08. The normalized spacial score (nSPS) is 12.1. The van der Waals surface area contributed by atoms with E-state index in [1.165, 1.54) is 0 Å². The third-order valence-corrected chi connectivity index (χ3v) is 2.63. The second-order valence-corrected chi connectivity index (χ2v) is 3.87. The van der Waals surface area contributed by atoms with Crippen LogP contribution in [0.3, 0.4) is 0 Å². The Morgan fingerprint density at radius 1 is 0.929 bits per heavy atom. The van der Waals surface area contributed by atoms with E-state index in [2.05, 4.69) is 25.7 Å². The van der Waals surface area contributed by atoms with E-state index in [9.17, 15) is 0 Å². The molecule has 0 N–H and O–H groups in total. The lowest BCUT2D eigenvalue weighted by Gasteiger charge is -2.25. The standard InChI is InChI=1S/C12H22O2/c1-7-12(8-2,14-6)10-9-11(3,4)13-5/h7-8H2,1-6H3. The SMILES string of the molecule is CCC(C#CC(C)(C)OC)(CC)OC. The van der Waals surface area contributed by atoms with Crippen LogP contribution in [0.25, 0.3) is 0 Å². The Labute approximate surface area is 88.0 Å². The zero-order valence-corrected chi connectivity index (χ0v) is 10.2. The van der Waals surface area contributed by atoms with Gasteiger partial charge in [-0.05, 0) is 26.7 Å². The van der Waals surface area contributed by atoms with Crippen molar-refractivity contribution in [2.45, 2.75) is 51.7 Å². The lowest BCUT2D eigenvalue weighted by atomic mass is 9.96. The molecule has 0 heterocycles. The molecule has 0 aromatic heterocycles. The van der Waals surface area contributed by atoms with Gasteiger partial charge in [0.2, 0.25) is 0 Å². The van der Waals surface area contributed by atoms with Crippen molar-refractivity contribution in [1.82, 2.24) is 0 Å². The minimum absolute atomic E-state index is 0.310. The smallest absolute Gasteiger partial charge is 0.127 e. The predicted octanol–water partition coefficient (Wildman–Crippen LogP) is 2.62. The molecule has 0 aromatic carbocycles. The van der Waals surface area contributed by atoms with Gasteiger partial charge in [0.1, 0.15) is 11.2 Å². The van der Waals surface area contributed by atoms with E-state index >= 15 is 0 Å². The van der Waals surface area contributed by atoms with Gasteiger partial charge in [-0.1, -0.05) is 25.7 Å². The molecule has 0 amide bonds. The van der Waals surface area contributed by atoms with Crippen LogP contribution >= 0.6 is 0 Å². The number of ether oxygens (including phenoxy) is 2. The summed E-state index contributed by atoms with van der Waals surface area (Å²) in [5.41, 5.74) is -0.704. The van der Waals surface area contributed by atoms with Crippen LogP contribution < -0.4 is 0 Å². The van der Waals surface area contributed by atoms with Crippen LogP contribution in [0.2, 0.25) is 0 Å². The first-order valence-corrected chi connectivity index (χ1v) is 5.10. The van der Waals surface area contributed by atoms with E-state index in [0.717, 1.165) is 12.8 Å². The molecule has 0 aliphatic rings. The Balaban J connectivity index is 4.74. The van der Waals surface area contributed by atoms with Gasteiger partial charge in [-0.25, -0.2) is 0 Å². The molecule has 0 spiro atoms. The molecular formula is C12H22O2. The van der Waals surface area contributed by atoms with Gasteiger partial charge in [-0.3, -0.25) is 0 Å². The Hall–Kier alpha value is -0.520. The van der Waals surface area contributed by atoms with Gasteiger partial charge in [-0.15, -0.1) is 0 Å². The van der Waals surface area contributed by atoms with Crippen molar-refractivity contribution < 1.29 is 9.47 Å². The summed E-state index contributed by atoms with van der Waals surface area (Å²) < 4.78 is 10.7. The van der Waals surface area contributed by atoms with Crippen LogP contribution in [0.1, 0.15) is 40.5 Å². The summed E-state index contributed by atoms with van der Waals surface area (Å²) in [5, 5.41) is 0. The number of methoxy groups -OCH3 is 2. The molecule has 0 bridgehead atoms. The lowest BCUT2D eigenvalue weighted by molar-refractivity contribution is 0.0323. The van der Waals surface area contributed by atoms with Crippen molar-refractivity contribution in [3.8, 4) is 11.8 Å². The van der Waals surface area contributed by atoms with Gasteiger partial charge in [0.25, 0.3) is 0 Å². The van der Waals surface area contributed by atoms with E-state index in [-0.39, 0.29) is 5.60 Å². The Kier molecular flexibility index (Phi) is 5.18. The molecule has 0 radical (unpaired) electrons. The maximum Gasteiger partial charge on any atom is 0.127 e. The Morgan fingerprint density at radius 3 is 1.71 bits per heavy atom. The summed E-state index contributed by atoms with van der Waals surface area (Å²) >= 11 is 0. The zero-order valence-electron chi connectivity index (χ0n) is 10.2. The molecule has 0 atom stereocenters. The second-order valence-electron chi connectivity index (χ2n) is 3.87. The molecule has 0 aromatic rings. The average molecular weight is 198 g/mol. The average Bonchev–Trinajstić information content (AvgIpc) is 2.21. The molecule has 82 valence electrons. The maximum atomic E-state index is 5.45. The third-order valence-electron chi connectivity index (χ3n) is 2.63. The molecule has 0 unspecified atom stereocenters. The first-order valence-electron chi connectivity index (χ1n) is 5.10. The summed E-state index contributed by atoms with van der Waals surface area (Å²) in [7, 11) is 3.38. The minimum atomic E-state index is -0.395. The number of hydrogen-bond donors (Lipinski definition) is 0. The molecule has 0 saturated heterocycles. The molecule has 2 nitrogen and oxygen atoms in total.